The number of nitrogens with one attached hydrogen (secondary N) is 1. The molecule has 192 valence electrons. The minimum atomic E-state index is -0.803. The van der Waals surface area contributed by atoms with E-state index in [4.69, 9.17) is 0 Å². The monoisotopic (exact) mass is 499 g/mol. The van der Waals surface area contributed by atoms with Crippen molar-refractivity contribution in [3.8, 4) is 0 Å². The van der Waals surface area contributed by atoms with E-state index in [0.717, 1.165) is 17.7 Å². The summed E-state index contributed by atoms with van der Waals surface area (Å²) in [5.74, 6) is -2.21. The Bertz CT molecular complexity index is 1130. The summed E-state index contributed by atoms with van der Waals surface area (Å²) in [6, 6.07) is 11.5. The largest absolute Gasteiger partial charge is 0.334 e. The number of hydrazine groups is 1. The number of fused-ring (bicyclic) bond motifs is 1. The van der Waals surface area contributed by atoms with Gasteiger partial charge in [-0.3, -0.25) is 9.59 Å². The van der Waals surface area contributed by atoms with Crippen molar-refractivity contribution in [2.45, 2.75) is 45.6 Å². The van der Waals surface area contributed by atoms with Crippen LogP contribution in [-0.4, -0.2) is 70.0 Å². The number of benzene rings is 2. The summed E-state index contributed by atoms with van der Waals surface area (Å²) in [5.41, 5.74) is 1.08. The highest BCUT2D eigenvalue weighted by Crippen LogP contribution is 2.31. The Morgan fingerprint density at radius 2 is 1.86 bits per heavy atom. The van der Waals surface area contributed by atoms with Gasteiger partial charge in [-0.25, -0.2) is 23.6 Å². The number of halogens is 2. The Morgan fingerprint density at radius 3 is 2.53 bits per heavy atom. The average molecular weight is 500 g/mol. The zero-order valence-corrected chi connectivity index (χ0v) is 20.7. The van der Waals surface area contributed by atoms with Gasteiger partial charge in [-0.1, -0.05) is 56.7 Å². The molecule has 0 saturated carbocycles. The molecule has 2 saturated heterocycles. The zero-order chi connectivity index (χ0) is 26.0. The van der Waals surface area contributed by atoms with Crippen molar-refractivity contribution >= 4 is 17.8 Å². The smallest absolute Gasteiger partial charge is 0.333 e. The number of amides is 4. The Morgan fingerprint density at radius 1 is 1.14 bits per heavy atom. The van der Waals surface area contributed by atoms with Gasteiger partial charge in [0.2, 0.25) is 11.8 Å². The van der Waals surface area contributed by atoms with Crippen LogP contribution in [0.5, 0.6) is 0 Å². The van der Waals surface area contributed by atoms with Crippen LogP contribution in [-0.2, 0) is 22.7 Å². The van der Waals surface area contributed by atoms with E-state index in [1.54, 1.807) is 12.1 Å². The minimum Gasteiger partial charge on any atom is -0.333 e. The summed E-state index contributed by atoms with van der Waals surface area (Å²) in [6.45, 7) is 3.95. The molecule has 4 rings (SSSR count). The van der Waals surface area contributed by atoms with Crippen LogP contribution in [0.3, 0.4) is 0 Å². The predicted octanol–water partition coefficient (Wildman–Crippen LogP) is 2.95. The Labute approximate surface area is 209 Å². The Kier molecular flexibility index (Phi) is 7.53. The van der Waals surface area contributed by atoms with Crippen LogP contribution < -0.4 is 5.32 Å². The van der Waals surface area contributed by atoms with Crippen LogP contribution >= 0.6 is 0 Å². The molecule has 2 aliphatic heterocycles. The van der Waals surface area contributed by atoms with Gasteiger partial charge < -0.3 is 15.1 Å². The fourth-order valence-corrected chi connectivity index (χ4v) is 4.85. The molecule has 2 aliphatic rings. The molecule has 2 aromatic carbocycles. The van der Waals surface area contributed by atoms with Gasteiger partial charge in [0.15, 0.2) is 0 Å². The summed E-state index contributed by atoms with van der Waals surface area (Å²) in [5, 5.41) is 5.90. The van der Waals surface area contributed by atoms with Gasteiger partial charge in [-0.05, 0) is 17.5 Å². The highest BCUT2D eigenvalue weighted by molar-refractivity contribution is 5.91. The third-order valence-corrected chi connectivity index (χ3v) is 6.93. The van der Waals surface area contributed by atoms with Crippen molar-refractivity contribution in [3.05, 3.63) is 71.3 Å². The van der Waals surface area contributed by atoms with Crippen LogP contribution in [0.4, 0.5) is 13.6 Å². The lowest BCUT2D eigenvalue weighted by Crippen LogP contribution is -2.76. The van der Waals surface area contributed by atoms with Crippen LogP contribution in [0.1, 0.15) is 31.4 Å². The summed E-state index contributed by atoms with van der Waals surface area (Å²) >= 11 is 0. The Hall–Kier alpha value is -3.53. The summed E-state index contributed by atoms with van der Waals surface area (Å²) in [4.78, 5) is 43.1. The lowest BCUT2D eigenvalue weighted by Gasteiger charge is -2.55. The topological polar surface area (TPSA) is 76.2 Å². The number of rotatable bonds is 6. The first-order valence-electron chi connectivity index (χ1n) is 12.1. The van der Waals surface area contributed by atoms with E-state index in [-0.39, 0.29) is 42.9 Å². The number of carbonyl (C=O) groups is 3. The van der Waals surface area contributed by atoms with Crippen LogP contribution in [0.15, 0.2) is 48.5 Å². The first-order valence-corrected chi connectivity index (χ1v) is 12.1. The van der Waals surface area contributed by atoms with E-state index in [9.17, 15) is 23.2 Å². The zero-order valence-electron chi connectivity index (χ0n) is 20.7. The van der Waals surface area contributed by atoms with Crippen molar-refractivity contribution in [1.29, 1.82) is 0 Å². The molecule has 0 aliphatic carbocycles. The standard InChI is InChI=1S/C26H31F2N5O3/c1-4-17(2)24-25(35)31(14-19-10-11-20(27)12-21(19)28)15-22-32(24)23(34)16-30(3)33(22)26(36)29-13-18-8-6-5-7-9-18/h5-12,17,22,24H,4,13-16H2,1-3H3,(H,29,36)/t17?,22-,24-/m0/s1. The van der Waals surface area contributed by atoms with E-state index in [1.165, 1.54) is 20.9 Å². The second-order valence-corrected chi connectivity index (χ2v) is 9.37. The second kappa shape index (κ2) is 10.6. The predicted molar refractivity (Wildman–Crippen MR) is 129 cm³/mol. The van der Waals surface area contributed by atoms with E-state index >= 15 is 0 Å². The number of hydrogen-bond donors (Lipinski definition) is 1. The van der Waals surface area contributed by atoms with Gasteiger partial charge in [-0.2, -0.15) is 0 Å². The maximum atomic E-state index is 14.5. The molecule has 36 heavy (non-hydrogen) atoms. The van der Waals surface area contributed by atoms with E-state index in [0.29, 0.717) is 13.0 Å². The highest BCUT2D eigenvalue weighted by Gasteiger charge is 2.51. The second-order valence-electron chi connectivity index (χ2n) is 9.37. The van der Waals surface area contributed by atoms with Crippen LogP contribution in [0.25, 0.3) is 0 Å². The minimum absolute atomic E-state index is 0.00256. The molecule has 8 nitrogen and oxygen atoms in total. The number of carbonyl (C=O) groups excluding carboxylic acids is 3. The third-order valence-electron chi connectivity index (χ3n) is 6.93. The van der Waals surface area contributed by atoms with Gasteiger partial charge in [0.05, 0.1) is 13.1 Å². The van der Waals surface area contributed by atoms with Crippen LogP contribution in [0.2, 0.25) is 0 Å². The normalized spacial score (nSPS) is 21.4. The maximum Gasteiger partial charge on any atom is 0.334 e. The van der Waals surface area contributed by atoms with Gasteiger partial charge in [0.1, 0.15) is 23.8 Å². The molecule has 10 heteroatoms. The molecular formula is C26H31F2N5O3. The number of nitrogens with zero attached hydrogens (tertiary/aromatic N) is 4. The maximum absolute atomic E-state index is 14.5. The molecule has 0 aromatic heterocycles. The fraction of sp³-hybridized carbons (Fsp3) is 0.423. The van der Waals surface area contributed by atoms with Crippen molar-refractivity contribution < 1.29 is 23.2 Å². The number of likely N-dealkylation sites (N-methyl/N-ethyl adjacent to an activating group) is 1. The van der Waals surface area contributed by atoms with Gasteiger partial charge in [0.25, 0.3) is 0 Å². The molecular weight excluding hydrogens is 468 g/mol. The molecule has 2 fully saturated rings. The van der Waals surface area contributed by atoms with Crippen molar-refractivity contribution in [2.24, 2.45) is 5.92 Å². The average Bonchev–Trinajstić information content (AvgIpc) is 2.85. The summed E-state index contributed by atoms with van der Waals surface area (Å²) in [7, 11) is 1.65. The SMILES string of the molecule is CCC(C)[C@H]1C(=O)N(Cc2ccc(F)cc2F)C[C@H]2N1C(=O)CN(C)N2C(=O)NCc1ccccc1. The first-order chi connectivity index (χ1) is 17.2. The van der Waals surface area contributed by atoms with Gasteiger partial charge in [-0.15, -0.1) is 0 Å². The number of hydrogen-bond acceptors (Lipinski definition) is 4. The van der Waals surface area contributed by atoms with Gasteiger partial charge in [0, 0.05) is 31.8 Å². The summed E-state index contributed by atoms with van der Waals surface area (Å²) in [6.07, 6.45) is -0.144. The summed E-state index contributed by atoms with van der Waals surface area (Å²) < 4.78 is 27.9. The molecule has 2 aromatic rings. The van der Waals surface area contributed by atoms with E-state index in [2.05, 4.69) is 5.32 Å². The van der Waals surface area contributed by atoms with Crippen LogP contribution in [0, 0.1) is 17.6 Å². The first kappa shape index (κ1) is 25.6. The molecule has 0 radical (unpaired) electrons. The Balaban J connectivity index is 1.64. The fourth-order valence-electron chi connectivity index (χ4n) is 4.85. The number of urea groups is 1. The van der Waals surface area contributed by atoms with Crippen molar-refractivity contribution in [3.63, 3.8) is 0 Å². The lowest BCUT2D eigenvalue weighted by molar-refractivity contribution is -0.191. The van der Waals surface area contributed by atoms with Gasteiger partial charge >= 0.3 is 6.03 Å². The lowest BCUT2D eigenvalue weighted by atomic mass is 9.92. The number of piperazine rings is 1. The molecule has 4 amide bonds. The molecule has 0 spiro atoms. The van der Waals surface area contributed by atoms with Crippen molar-refractivity contribution in [1.82, 2.24) is 25.1 Å². The molecule has 3 atom stereocenters. The highest BCUT2D eigenvalue weighted by atomic mass is 19.1. The quantitative estimate of drug-likeness (QED) is 0.663. The van der Waals surface area contributed by atoms with E-state index in [1.807, 2.05) is 44.2 Å². The van der Waals surface area contributed by atoms with Crippen molar-refractivity contribution in [2.75, 3.05) is 20.1 Å². The molecule has 2 heterocycles. The molecule has 1 N–H and O–H groups in total. The molecule has 1 unspecified atom stereocenters. The third kappa shape index (κ3) is 5.04. The van der Waals surface area contributed by atoms with E-state index < -0.39 is 29.9 Å². The molecule has 0 bridgehead atoms.